The summed E-state index contributed by atoms with van der Waals surface area (Å²) >= 11 is 0. The van der Waals surface area contributed by atoms with Crippen molar-refractivity contribution in [1.29, 1.82) is 0 Å². The van der Waals surface area contributed by atoms with Crippen LogP contribution in [0.15, 0.2) is 206 Å². The van der Waals surface area contributed by atoms with Gasteiger partial charge in [-0.2, -0.15) is 0 Å². The fraction of sp³-hybridized carbons (Fsp3) is 0. The van der Waals surface area contributed by atoms with Crippen LogP contribution in [0, 0.1) is 0 Å². The van der Waals surface area contributed by atoms with E-state index in [-0.39, 0.29) is 0 Å². The molecule has 4 heteroatoms. The molecule has 9 aromatic carbocycles. The summed E-state index contributed by atoms with van der Waals surface area (Å²) in [5.74, 6) is 1.87. The molecule has 0 N–H and O–H groups in total. The van der Waals surface area contributed by atoms with E-state index in [4.69, 9.17) is 15.0 Å². The van der Waals surface area contributed by atoms with Crippen LogP contribution in [0.5, 0.6) is 0 Å². The molecule has 0 amide bonds. The van der Waals surface area contributed by atoms with Crippen LogP contribution in [0.3, 0.4) is 0 Å². The van der Waals surface area contributed by atoms with E-state index in [9.17, 15) is 0 Å². The first kappa shape index (κ1) is 32.7. The van der Waals surface area contributed by atoms with Crippen LogP contribution in [0.1, 0.15) is 0 Å². The Morgan fingerprint density at radius 2 is 0.860 bits per heavy atom. The summed E-state index contributed by atoms with van der Waals surface area (Å²) in [6.45, 7) is 0. The first-order valence-electron chi connectivity index (χ1n) is 19.3. The van der Waals surface area contributed by atoms with Gasteiger partial charge in [0, 0.05) is 33.0 Å². The van der Waals surface area contributed by atoms with Crippen molar-refractivity contribution in [2.24, 2.45) is 0 Å². The van der Waals surface area contributed by atoms with E-state index < -0.39 is 0 Å². The molecule has 0 unspecified atom stereocenters. The molecule has 0 saturated heterocycles. The van der Waals surface area contributed by atoms with Crippen LogP contribution >= 0.6 is 0 Å². The number of benzene rings is 9. The normalized spacial score (nSPS) is 11.5. The van der Waals surface area contributed by atoms with Gasteiger partial charge in [-0.3, -0.25) is 0 Å². The van der Waals surface area contributed by atoms with E-state index in [1.165, 1.54) is 32.3 Å². The molecule has 0 radical (unpaired) electrons. The second kappa shape index (κ2) is 13.6. The first-order valence-corrected chi connectivity index (χ1v) is 19.3. The lowest BCUT2D eigenvalue weighted by Crippen LogP contribution is -2.02. The highest BCUT2D eigenvalue weighted by Gasteiger charge is 2.21. The minimum absolute atomic E-state index is 0.619. The molecule has 57 heavy (non-hydrogen) atoms. The van der Waals surface area contributed by atoms with Crippen LogP contribution in [-0.2, 0) is 0 Å². The summed E-state index contributed by atoms with van der Waals surface area (Å²) < 4.78 is 2.44. The van der Waals surface area contributed by atoms with Gasteiger partial charge in [-0.25, -0.2) is 15.0 Å². The molecule has 11 rings (SSSR count). The predicted molar refractivity (Wildman–Crippen MR) is 236 cm³/mol. The Balaban J connectivity index is 1.15. The highest BCUT2D eigenvalue weighted by atomic mass is 15.0. The molecule has 0 aliphatic carbocycles. The van der Waals surface area contributed by atoms with Crippen LogP contribution in [-0.4, -0.2) is 19.5 Å². The Kier molecular flexibility index (Phi) is 7.78. The second-order valence-electron chi connectivity index (χ2n) is 14.4. The molecule has 0 atom stereocenters. The van der Waals surface area contributed by atoms with Gasteiger partial charge >= 0.3 is 0 Å². The zero-order chi connectivity index (χ0) is 37.7. The molecule has 0 aliphatic rings. The Morgan fingerprint density at radius 3 is 1.65 bits per heavy atom. The third kappa shape index (κ3) is 5.66. The SMILES string of the molecule is c1ccc(-c2cccc(-c3nc(-c4ccccc4)nc(-c4ccccc4-c4ccccc4-n4c5cc6ccccc6cc5c5c6ccccc6ccc54)n3)c2)cc1. The molecule has 2 heterocycles. The maximum absolute atomic E-state index is 5.25. The van der Waals surface area contributed by atoms with E-state index in [1.807, 2.05) is 24.3 Å². The van der Waals surface area contributed by atoms with Crippen molar-refractivity contribution in [2.75, 3.05) is 0 Å². The molecule has 0 aliphatic heterocycles. The molecule has 0 spiro atoms. The van der Waals surface area contributed by atoms with Crippen molar-refractivity contribution in [2.45, 2.75) is 0 Å². The zero-order valence-corrected chi connectivity index (χ0v) is 30.9. The van der Waals surface area contributed by atoms with Crippen molar-refractivity contribution in [3.05, 3.63) is 206 Å². The zero-order valence-electron chi connectivity index (χ0n) is 30.9. The Hall–Kier alpha value is -7.69. The van der Waals surface area contributed by atoms with Crippen LogP contribution in [0.2, 0.25) is 0 Å². The summed E-state index contributed by atoms with van der Waals surface area (Å²) in [6.07, 6.45) is 0. The minimum Gasteiger partial charge on any atom is -0.309 e. The number of aromatic nitrogens is 4. The van der Waals surface area contributed by atoms with Crippen molar-refractivity contribution in [3.63, 3.8) is 0 Å². The maximum Gasteiger partial charge on any atom is 0.164 e. The standard InChI is InChI=1S/C53H34N4/c1-3-16-35(17-4-1)38-23-15-24-41(32-38)52-54-51(37-19-5-2-6-20-37)55-53(56-52)45-28-12-11-26-43(45)44-27-13-14-29-47(44)57-48-31-30-36-18-9-10-25-42(36)50(48)46-33-39-21-7-8-22-40(39)34-49(46)57/h1-34H. The van der Waals surface area contributed by atoms with Gasteiger partial charge in [0.25, 0.3) is 0 Å². The molecule has 11 aromatic rings. The van der Waals surface area contributed by atoms with E-state index >= 15 is 0 Å². The van der Waals surface area contributed by atoms with Gasteiger partial charge in [0.15, 0.2) is 17.5 Å². The van der Waals surface area contributed by atoms with Gasteiger partial charge in [-0.1, -0.05) is 176 Å². The Bertz CT molecular complexity index is 3290. The molecule has 0 bridgehead atoms. The van der Waals surface area contributed by atoms with Crippen LogP contribution < -0.4 is 0 Å². The number of nitrogens with zero attached hydrogens (tertiary/aromatic N) is 4. The average molecular weight is 727 g/mol. The van der Waals surface area contributed by atoms with E-state index in [0.717, 1.165) is 55.7 Å². The topological polar surface area (TPSA) is 43.6 Å². The summed E-state index contributed by atoms with van der Waals surface area (Å²) in [6, 6.07) is 72.8. The smallest absolute Gasteiger partial charge is 0.164 e. The van der Waals surface area contributed by atoms with Gasteiger partial charge in [-0.15, -0.1) is 0 Å². The molecule has 2 aromatic heterocycles. The number of rotatable bonds is 6. The lowest BCUT2D eigenvalue weighted by Gasteiger charge is -2.17. The van der Waals surface area contributed by atoms with Crippen molar-refractivity contribution < 1.29 is 0 Å². The maximum atomic E-state index is 5.25. The largest absolute Gasteiger partial charge is 0.309 e. The Morgan fingerprint density at radius 1 is 0.298 bits per heavy atom. The lowest BCUT2D eigenvalue weighted by molar-refractivity contribution is 1.07. The van der Waals surface area contributed by atoms with E-state index in [0.29, 0.717) is 17.5 Å². The Labute approximate surface area is 330 Å². The van der Waals surface area contributed by atoms with Crippen molar-refractivity contribution in [1.82, 2.24) is 19.5 Å². The lowest BCUT2D eigenvalue weighted by atomic mass is 9.97. The highest BCUT2D eigenvalue weighted by molar-refractivity contribution is 6.23. The van der Waals surface area contributed by atoms with Gasteiger partial charge in [-0.05, 0) is 68.6 Å². The fourth-order valence-corrected chi connectivity index (χ4v) is 8.35. The van der Waals surface area contributed by atoms with E-state index in [2.05, 4.69) is 187 Å². The third-order valence-electron chi connectivity index (χ3n) is 11.0. The molecule has 0 fully saturated rings. The quantitative estimate of drug-likeness (QED) is 0.171. The predicted octanol–water partition coefficient (Wildman–Crippen LogP) is 13.6. The number of hydrogen-bond donors (Lipinski definition) is 0. The van der Waals surface area contributed by atoms with E-state index in [1.54, 1.807) is 0 Å². The molecule has 4 nitrogen and oxygen atoms in total. The number of fused-ring (bicyclic) bond motifs is 6. The van der Waals surface area contributed by atoms with Gasteiger partial charge in [0.1, 0.15) is 0 Å². The summed E-state index contributed by atoms with van der Waals surface area (Å²) in [4.78, 5) is 15.5. The van der Waals surface area contributed by atoms with Crippen molar-refractivity contribution >= 4 is 43.4 Å². The molecule has 0 saturated carbocycles. The van der Waals surface area contributed by atoms with Crippen LogP contribution in [0.4, 0.5) is 0 Å². The molecular formula is C53H34N4. The first-order chi connectivity index (χ1) is 28.3. The van der Waals surface area contributed by atoms with Gasteiger partial charge in [0.2, 0.25) is 0 Å². The second-order valence-corrected chi connectivity index (χ2v) is 14.4. The van der Waals surface area contributed by atoms with Crippen LogP contribution in [0.25, 0.3) is 105 Å². The average Bonchev–Trinajstić information content (AvgIpc) is 3.62. The number of para-hydroxylation sites is 1. The highest BCUT2D eigenvalue weighted by Crippen LogP contribution is 2.42. The van der Waals surface area contributed by atoms with Crippen molar-refractivity contribution in [3.8, 4) is 62.1 Å². The van der Waals surface area contributed by atoms with Gasteiger partial charge in [0.05, 0.1) is 16.7 Å². The fourth-order valence-electron chi connectivity index (χ4n) is 8.35. The monoisotopic (exact) mass is 726 g/mol. The molecular weight excluding hydrogens is 693 g/mol. The summed E-state index contributed by atoms with van der Waals surface area (Å²) in [7, 11) is 0. The third-order valence-corrected chi connectivity index (χ3v) is 11.0. The summed E-state index contributed by atoms with van der Waals surface area (Å²) in [5, 5.41) is 7.39. The minimum atomic E-state index is 0.619. The molecule has 266 valence electrons. The number of hydrogen-bond acceptors (Lipinski definition) is 3. The van der Waals surface area contributed by atoms with Gasteiger partial charge < -0.3 is 4.57 Å². The summed E-state index contributed by atoms with van der Waals surface area (Å²) in [5.41, 5.74) is 10.6.